The molecule has 4 fully saturated rings. The molecule has 0 radical (unpaired) electrons. The van der Waals surface area contributed by atoms with Gasteiger partial charge in [0, 0.05) is 6.20 Å². The molecule has 1 heterocycles. The van der Waals surface area contributed by atoms with Crippen LogP contribution in [0.4, 0.5) is 0 Å². The third-order valence-electron chi connectivity index (χ3n) is 10.8. The predicted octanol–water partition coefficient (Wildman–Crippen LogP) is 7.22. The van der Waals surface area contributed by atoms with Crippen LogP contribution in [0.3, 0.4) is 0 Å². The van der Waals surface area contributed by atoms with Crippen LogP contribution in [0, 0.1) is 58.2 Å². The number of aliphatic hydroxyl groups is 1. The molecule has 1 aromatic heterocycles. The van der Waals surface area contributed by atoms with Crippen LogP contribution in [0.15, 0.2) is 12.4 Å². The molecule has 0 saturated heterocycles. The number of nitrogens with zero attached hydrogens (tertiary/aromatic N) is 3. The van der Waals surface area contributed by atoms with Gasteiger partial charge in [0.1, 0.15) is 6.07 Å². The van der Waals surface area contributed by atoms with Crippen LogP contribution in [0.1, 0.15) is 111 Å². The van der Waals surface area contributed by atoms with Crippen LogP contribution in [0.5, 0.6) is 0 Å². The van der Waals surface area contributed by atoms with Gasteiger partial charge in [0.2, 0.25) is 0 Å². The number of aromatic nitrogens is 2. The Hall–Kier alpha value is -1.34. The zero-order valence-electron chi connectivity index (χ0n) is 22.5. The lowest BCUT2D eigenvalue weighted by molar-refractivity contribution is -0.110. The van der Waals surface area contributed by atoms with Gasteiger partial charge in [-0.05, 0) is 112 Å². The summed E-state index contributed by atoms with van der Waals surface area (Å²) >= 11 is 0. The summed E-state index contributed by atoms with van der Waals surface area (Å²) < 4.78 is 1.78. The summed E-state index contributed by atoms with van der Waals surface area (Å²) in [5, 5.41) is 25.0. The highest BCUT2D eigenvalue weighted by Gasteiger charge is 2.58. The van der Waals surface area contributed by atoms with Crippen molar-refractivity contribution in [3.8, 4) is 6.07 Å². The van der Waals surface area contributed by atoms with Crippen LogP contribution in [0.25, 0.3) is 0 Å². The molecule has 5 rings (SSSR count). The molecule has 4 aliphatic rings. The Morgan fingerprint density at radius 1 is 1.12 bits per heavy atom. The average Bonchev–Trinajstić information content (AvgIpc) is 3.47. The van der Waals surface area contributed by atoms with E-state index >= 15 is 0 Å². The van der Waals surface area contributed by atoms with Gasteiger partial charge in [-0.25, -0.2) is 0 Å². The van der Waals surface area contributed by atoms with E-state index in [1.54, 1.807) is 17.1 Å². The minimum absolute atomic E-state index is 0.356. The summed E-state index contributed by atoms with van der Waals surface area (Å²) in [7, 11) is 0. The molecule has 0 bridgehead atoms. The van der Waals surface area contributed by atoms with Crippen LogP contribution >= 0.6 is 0 Å². The molecule has 4 nitrogen and oxygen atoms in total. The van der Waals surface area contributed by atoms with Crippen molar-refractivity contribution < 1.29 is 5.11 Å². The van der Waals surface area contributed by atoms with E-state index < -0.39 is 5.60 Å². The Bertz CT molecular complexity index is 853. The number of hydrogen-bond donors (Lipinski definition) is 1. The highest BCUT2D eigenvalue weighted by atomic mass is 16.3. The SMILES string of the molecule is CC.CCCC1CCC2(C)C(CCC3C2CCC2[C@H]3CC[C@@H]2[C@](C)(O)Cn2cc(C#N)cn2)C1. The second-order valence-corrected chi connectivity index (χ2v) is 12.5. The standard InChI is InChI=1S/C28H43N3O.C2H6/c1-4-5-19-12-13-27(2)21(14-19)6-7-23-22-8-11-26(24(22)9-10-25(23)27)28(3,32)18-31-17-20(15-29)16-30-31;1-2/h16-17,19,21-26,32H,4-14,18H2,1-3H3;1-2H3/t19?,21?,22-,23?,24?,25?,26-,27?,28+;/m0./s1. The third-order valence-corrected chi connectivity index (χ3v) is 10.8. The zero-order chi connectivity index (χ0) is 24.5. The molecule has 0 amide bonds. The van der Waals surface area contributed by atoms with E-state index in [0.717, 1.165) is 36.0 Å². The number of nitriles is 1. The van der Waals surface area contributed by atoms with Crippen molar-refractivity contribution in [3.63, 3.8) is 0 Å². The minimum atomic E-state index is -0.760. The highest BCUT2D eigenvalue weighted by molar-refractivity contribution is 5.21. The maximum absolute atomic E-state index is 11.6. The van der Waals surface area contributed by atoms with Gasteiger partial charge in [-0.3, -0.25) is 4.68 Å². The molecule has 34 heavy (non-hydrogen) atoms. The smallest absolute Gasteiger partial charge is 0.102 e. The van der Waals surface area contributed by atoms with E-state index in [0.29, 0.717) is 29.4 Å². The van der Waals surface area contributed by atoms with Crippen LogP contribution < -0.4 is 0 Å². The van der Waals surface area contributed by atoms with Crippen LogP contribution in [0.2, 0.25) is 0 Å². The maximum Gasteiger partial charge on any atom is 0.102 e. The molecule has 9 atom stereocenters. The van der Waals surface area contributed by atoms with E-state index in [4.69, 9.17) is 5.26 Å². The first-order valence-corrected chi connectivity index (χ1v) is 14.5. The van der Waals surface area contributed by atoms with Crippen molar-refractivity contribution in [1.29, 1.82) is 5.26 Å². The van der Waals surface area contributed by atoms with Gasteiger partial charge in [-0.1, -0.05) is 40.5 Å². The molecule has 1 N–H and O–H groups in total. The van der Waals surface area contributed by atoms with Gasteiger partial charge in [0.15, 0.2) is 0 Å². The second kappa shape index (κ2) is 10.3. The number of rotatable bonds is 5. The van der Waals surface area contributed by atoms with Gasteiger partial charge in [0.05, 0.1) is 23.9 Å². The Balaban J connectivity index is 0.00000133. The Kier molecular flexibility index (Phi) is 7.83. The molecule has 0 aromatic carbocycles. The van der Waals surface area contributed by atoms with Crippen molar-refractivity contribution in [2.75, 3.05) is 0 Å². The van der Waals surface area contributed by atoms with Gasteiger partial charge < -0.3 is 5.11 Å². The number of hydrogen-bond acceptors (Lipinski definition) is 3. The number of fused-ring (bicyclic) bond motifs is 5. The fourth-order valence-corrected chi connectivity index (χ4v) is 9.40. The summed E-state index contributed by atoms with van der Waals surface area (Å²) in [4.78, 5) is 0. The molecule has 0 spiro atoms. The minimum Gasteiger partial charge on any atom is -0.388 e. The average molecular weight is 468 g/mol. The first kappa shape index (κ1) is 25.7. The molecule has 0 aliphatic heterocycles. The summed E-state index contributed by atoms with van der Waals surface area (Å²) in [6.07, 6.45) is 18.6. The lowest BCUT2D eigenvalue weighted by Gasteiger charge is -2.59. The molecule has 6 unspecified atom stereocenters. The van der Waals surface area contributed by atoms with Gasteiger partial charge in [-0.2, -0.15) is 10.4 Å². The summed E-state index contributed by atoms with van der Waals surface area (Å²) in [5.41, 5.74) is 0.385. The molecule has 4 saturated carbocycles. The topological polar surface area (TPSA) is 61.8 Å². The largest absolute Gasteiger partial charge is 0.388 e. The fraction of sp³-hybridized carbons (Fsp3) is 0.867. The lowest BCUT2D eigenvalue weighted by Crippen LogP contribution is -2.52. The predicted molar refractivity (Wildman–Crippen MR) is 138 cm³/mol. The third kappa shape index (κ3) is 4.59. The maximum atomic E-state index is 11.6. The van der Waals surface area contributed by atoms with Crippen LogP contribution in [-0.4, -0.2) is 20.5 Å². The van der Waals surface area contributed by atoms with Gasteiger partial charge >= 0.3 is 0 Å². The van der Waals surface area contributed by atoms with Crippen molar-refractivity contribution in [2.45, 2.75) is 117 Å². The Morgan fingerprint density at radius 3 is 2.56 bits per heavy atom. The van der Waals surface area contributed by atoms with E-state index in [1.165, 1.54) is 64.2 Å². The van der Waals surface area contributed by atoms with Gasteiger partial charge in [-0.15, -0.1) is 0 Å². The monoisotopic (exact) mass is 467 g/mol. The van der Waals surface area contributed by atoms with E-state index in [2.05, 4.69) is 25.0 Å². The summed E-state index contributed by atoms with van der Waals surface area (Å²) in [6, 6.07) is 2.15. The fourth-order valence-electron chi connectivity index (χ4n) is 9.40. The highest BCUT2D eigenvalue weighted by Crippen LogP contribution is 2.65. The quantitative estimate of drug-likeness (QED) is 0.497. The Labute approximate surface area is 208 Å². The van der Waals surface area contributed by atoms with Crippen molar-refractivity contribution in [3.05, 3.63) is 18.0 Å². The Morgan fingerprint density at radius 2 is 1.85 bits per heavy atom. The van der Waals surface area contributed by atoms with E-state index in [9.17, 15) is 5.11 Å². The first-order valence-electron chi connectivity index (χ1n) is 14.5. The molecular weight excluding hydrogens is 418 g/mol. The normalized spacial score (nSPS) is 40.6. The van der Waals surface area contributed by atoms with Crippen molar-refractivity contribution in [1.82, 2.24) is 9.78 Å². The van der Waals surface area contributed by atoms with Crippen molar-refractivity contribution in [2.24, 2.45) is 46.8 Å². The molecular formula is C30H49N3O. The molecule has 4 heteroatoms. The molecule has 1 aromatic rings. The second-order valence-electron chi connectivity index (χ2n) is 12.5. The molecule has 4 aliphatic carbocycles. The summed E-state index contributed by atoms with van der Waals surface area (Å²) in [6.45, 7) is 11.5. The van der Waals surface area contributed by atoms with Gasteiger partial charge in [0.25, 0.3) is 0 Å². The van der Waals surface area contributed by atoms with E-state index in [-0.39, 0.29) is 0 Å². The lowest BCUT2D eigenvalue weighted by atomic mass is 9.46. The van der Waals surface area contributed by atoms with Crippen LogP contribution in [-0.2, 0) is 6.54 Å². The van der Waals surface area contributed by atoms with E-state index in [1.807, 2.05) is 20.8 Å². The van der Waals surface area contributed by atoms with Crippen molar-refractivity contribution >= 4 is 0 Å². The molecule has 190 valence electrons. The summed E-state index contributed by atoms with van der Waals surface area (Å²) in [5.74, 6) is 5.57. The zero-order valence-corrected chi connectivity index (χ0v) is 22.5. The first-order chi connectivity index (χ1) is 16.4.